The summed E-state index contributed by atoms with van der Waals surface area (Å²) in [5, 5.41) is 3.50. The molecule has 0 amide bonds. The lowest BCUT2D eigenvalue weighted by Crippen LogP contribution is -1.88. The third kappa shape index (κ3) is 1.39. The van der Waals surface area contributed by atoms with E-state index >= 15 is 0 Å². The predicted octanol–water partition coefficient (Wildman–Crippen LogP) is 1.33. The molecule has 0 unspecified atom stereocenters. The number of anilines is 1. The van der Waals surface area contributed by atoms with Crippen molar-refractivity contribution in [3.05, 3.63) is 24.3 Å². The minimum atomic E-state index is 0.117. The summed E-state index contributed by atoms with van der Waals surface area (Å²) in [6.07, 6.45) is 0. The molecule has 0 bridgehead atoms. The van der Waals surface area contributed by atoms with Crippen molar-refractivity contribution in [1.82, 2.24) is 10.1 Å². The van der Waals surface area contributed by atoms with E-state index in [2.05, 4.69) is 10.1 Å². The van der Waals surface area contributed by atoms with Crippen molar-refractivity contribution in [3.8, 4) is 17.2 Å². The van der Waals surface area contributed by atoms with Crippen molar-refractivity contribution in [3.63, 3.8) is 0 Å². The Morgan fingerprint density at radius 2 is 2.14 bits per heavy atom. The first kappa shape index (κ1) is 8.55. The van der Waals surface area contributed by atoms with Crippen LogP contribution < -0.4 is 10.5 Å². The second-order valence-corrected chi connectivity index (χ2v) is 2.66. The molecule has 5 nitrogen and oxygen atoms in total. The summed E-state index contributed by atoms with van der Waals surface area (Å²) in [6.45, 7) is 0. The molecule has 2 rings (SSSR count). The Kier molecular flexibility index (Phi) is 2.06. The molecule has 14 heavy (non-hydrogen) atoms. The Bertz CT molecular complexity index is 439. The van der Waals surface area contributed by atoms with E-state index in [1.54, 1.807) is 7.11 Å². The summed E-state index contributed by atoms with van der Waals surface area (Å²) in [7, 11) is 1.58. The molecular formula is C9H9N3O2. The van der Waals surface area contributed by atoms with Gasteiger partial charge in [-0.2, -0.15) is 4.98 Å². The van der Waals surface area contributed by atoms with Crippen LogP contribution in [0.1, 0.15) is 0 Å². The van der Waals surface area contributed by atoms with Crippen LogP contribution in [0.25, 0.3) is 11.5 Å². The molecule has 0 atom stereocenters. The molecule has 1 heterocycles. The number of methoxy groups -OCH3 is 1. The molecule has 5 heteroatoms. The Balaban J connectivity index is 2.50. The molecule has 2 aromatic rings. The van der Waals surface area contributed by atoms with Gasteiger partial charge in [0, 0.05) is 0 Å². The van der Waals surface area contributed by atoms with Crippen LogP contribution in [0, 0.1) is 0 Å². The monoisotopic (exact) mass is 191 g/mol. The molecule has 0 radical (unpaired) electrons. The van der Waals surface area contributed by atoms with Gasteiger partial charge in [-0.05, 0) is 17.3 Å². The summed E-state index contributed by atoms with van der Waals surface area (Å²) in [5.74, 6) is 1.15. The highest BCUT2D eigenvalue weighted by Gasteiger charge is 2.11. The number of hydrogen-bond donors (Lipinski definition) is 1. The van der Waals surface area contributed by atoms with Gasteiger partial charge in [0.25, 0.3) is 11.8 Å². The minimum Gasteiger partial charge on any atom is -0.496 e. The summed E-state index contributed by atoms with van der Waals surface area (Å²) in [6, 6.07) is 7.36. The maximum absolute atomic E-state index is 5.35. The van der Waals surface area contributed by atoms with E-state index in [9.17, 15) is 0 Å². The third-order valence-corrected chi connectivity index (χ3v) is 1.78. The highest BCUT2D eigenvalue weighted by Crippen LogP contribution is 2.27. The normalized spacial score (nSPS) is 10.1. The van der Waals surface area contributed by atoms with Crippen LogP contribution in [0.3, 0.4) is 0 Å². The zero-order valence-corrected chi connectivity index (χ0v) is 7.60. The minimum absolute atomic E-state index is 0.117. The molecule has 0 aliphatic heterocycles. The average Bonchev–Trinajstić information content (AvgIpc) is 2.65. The van der Waals surface area contributed by atoms with Gasteiger partial charge in [0.05, 0.1) is 12.7 Å². The van der Waals surface area contributed by atoms with E-state index in [4.69, 9.17) is 15.0 Å². The van der Waals surface area contributed by atoms with Crippen LogP contribution in [0.4, 0.5) is 5.95 Å². The molecule has 0 spiro atoms. The largest absolute Gasteiger partial charge is 0.496 e. The SMILES string of the molecule is COc1ccccc1-c1nc(N)no1. The highest BCUT2D eigenvalue weighted by atomic mass is 16.5. The smallest absolute Gasteiger partial charge is 0.263 e. The van der Waals surface area contributed by atoms with Gasteiger partial charge in [0.2, 0.25) is 0 Å². The topological polar surface area (TPSA) is 74.2 Å². The number of rotatable bonds is 2. The molecule has 2 N–H and O–H groups in total. The Morgan fingerprint density at radius 1 is 1.36 bits per heavy atom. The van der Waals surface area contributed by atoms with Gasteiger partial charge in [-0.25, -0.2) is 0 Å². The second-order valence-electron chi connectivity index (χ2n) is 2.66. The molecule has 1 aromatic carbocycles. The van der Waals surface area contributed by atoms with Crippen molar-refractivity contribution in [2.45, 2.75) is 0 Å². The fourth-order valence-corrected chi connectivity index (χ4v) is 1.17. The number of benzene rings is 1. The molecule has 1 aromatic heterocycles. The fraction of sp³-hybridized carbons (Fsp3) is 0.111. The maximum atomic E-state index is 5.35. The van der Waals surface area contributed by atoms with Crippen LogP contribution >= 0.6 is 0 Å². The zero-order valence-electron chi connectivity index (χ0n) is 7.60. The van der Waals surface area contributed by atoms with E-state index in [1.165, 1.54) is 0 Å². The Labute approximate surface area is 80.5 Å². The van der Waals surface area contributed by atoms with E-state index in [0.717, 1.165) is 5.56 Å². The summed E-state index contributed by atoms with van der Waals surface area (Å²) in [5.41, 5.74) is 6.09. The molecule has 0 saturated heterocycles. The molecule has 0 fully saturated rings. The van der Waals surface area contributed by atoms with Gasteiger partial charge >= 0.3 is 0 Å². The number of hydrogen-bond acceptors (Lipinski definition) is 5. The van der Waals surface area contributed by atoms with Gasteiger partial charge in [-0.15, -0.1) is 0 Å². The van der Waals surface area contributed by atoms with Crippen molar-refractivity contribution in [1.29, 1.82) is 0 Å². The molecule has 72 valence electrons. The van der Waals surface area contributed by atoms with Gasteiger partial charge < -0.3 is 15.0 Å². The number of nitrogens with zero attached hydrogens (tertiary/aromatic N) is 2. The molecular weight excluding hydrogens is 182 g/mol. The number of aromatic nitrogens is 2. The lowest BCUT2D eigenvalue weighted by atomic mass is 10.2. The van der Waals surface area contributed by atoms with Gasteiger partial charge in [-0.3, -0.25) is 0 Å². The standard InChI is InChI=1S/C9H9N3O2/c1-13-7-5-3-2-4-6(7)8-11-9(10)12-14-8/h2-5H,1H3,(H2,10,12). The number of nitrogen functional groups attached to an aromatic ring is 1. The van der Waals surface area contributed by atoms with Crippen LogP contribution in [-0.4, -0.2) is 17.3 Å². The summed E-state index contributed by atoms with van der Waals surface area (Å²) < 4.78 is 10.1. The van der Waals surface area contributed by atoms with E-state index in [-0.39, 0.29) is 5.95 Å². The van der Waals surface area contributed by atoms with Gasteiger partial charge in [0.1, 0.15) is 5.75 Å². The van der Waals surface area contributed by atoms with Crippen LogP contribution in [0.5, 0.6) is 5.75 Å². The number of ether oxygens (including phenoxy) is 1. The summed E-state index contributed by atoms with van der Waals surface area (Å²) >= 11 is 0. The van der Waals surface area contributed by atoms with Crippen molar-refractivity contribution in [2.75, 3.05) is 12.8 Å². The van der Waals surface area contributed by atoms with Gasteiger partial charge in [-0.1, -0.05) is 12.1 Å². The van der Waals surface area contributed by atoms with E-state index in [1.807, 2.05) is 24.3 Å². The average molecular weight is 191 g/mol. The number of para-hydroxylation sites is 1. The first-order valence-electron chi connectivity index (χ1n) is 4.04. The zero-order chi connectivity index (χ0) is 9.97. The third-order valence-electron chi connectivity index (χ3n) is 1.78. The lowest BCUT2D eigenvalue weighted by molar-refractivity contribution is 0.405. The fourth-order valence-electron chi connectivity index (χ4n) is 1.17. The van der Waals surface area contributed by atoms with Crippen molar-refractivity contribution in [2.24, 2.45) is 0 Å². The highest BCUT2D eigenvalue weighted by molar-refractivity contribution is 5.62. The maximum Gasteiger partial charge on any atom is 0.263 e. The number of nitrogens with two attached hydrogens (primary N) is 1. The second kappa shape index (κ2) is 3.37. The lowest BCUT2D eigenvalue weighted by Gasteiger charge is -2.02. The van der Waals surface area contributed by atoms with Crippen LogP contribution in [0.15, 0.2) is 28.8 Å². The Hall–Kier alpha value is -2.04. The van der Waals surface area contributed by atoms with Crippen molar-refractivity contribution >= 4 is 5.95 Å². The quantitative estimate of drug-likeness (QED) is 0.775. The van der Waals surface area contributed by atoms with Crippen LogP contribution in [-0.2, 0) is 0 Å². The van der Waals surface area contributed by atoms with Gasteiger partial charge in [0.15, 0.2) is 0 Å². The van der Waals surface area contributed by atoms with Crippen molar-refractivity contribution < 1.29 is 9.26 Å². The van der Waals surface area contributed by atoms with Crippen LogP contribution in [0.2, 0.25) is 0 Å². The molecule has 0 aliphatic carbocycles. The first-order chi connectivity index (χ1) is 6.81. The predicted molar refractivity (Wildman–Crippen MR) is 50.7 cm³/mol. The molecule has 0 saturated carbocycles. The van der Waals surface area contributed by atoms with E-state index < -0.39 is 0 Å². The first-order valence-corrected chi connectivity index (χ1v) is 4.04. The molecule has 0 aliphatic rings. The van der Waals surface area contributed by atoms with E-state index in [0.29, 0.717) is 11.6 Å². The Morgan fingerprint density at radius 3 is 2.79 bits per heavy atom. The summed E-state index contributed by atoms with van der Waals surface area (Å²) in [4.78, 5) is 3.91.